The number of carbonyl (C=O) groups is 2. The number of nitrogens with zero attached hydrogens (tertiary/aromatic N) is 1. The zero-order chi connectivity index (χ0) is 25.5. The second-order valence-corrected chi connectivity index (χ2v) is 8.32. The average Bonchev–Trinajstić information content (AvgIpc) is 3.36. The van der Waals surface area contributed by atoms with Crippen LogP contribution in [0.5, 0.6) is 23.0 Å². The molecule has 0 spiro atoms. The molecule has 0 aliphatic carbocycles. The Morgan fingerprint density at radius 3 is 2.23 bits per heavy atom. The van der Waals surface area contributed by atoms with Gasteiger partial charge < -0.3 is 35.1 Å². The van der Waals surface area contributed by atoms with Gasteiger partial charge in [0.2, 0.25) is 5.75 Å². The first kappa shape index (κ1) is 25.8. The second-order valence-electron chi connectivity index (χ2n) is 7.52. The van der Waals surface area contributed by atoms with Crippen molar-refractivity contribution < 1.29 is 39.4 Å². The zero-order valence-corrected chi connectivity index (χ0v) is 20.7. The zero-order valence-electron chi connectivity index (χ0n) is 19.9. The number of nitrogens with one attached hydrogen (secondary N) is 1. The number of hydrogen-bond donors (Lipinski definition) is 3. The quantitative estimate of drug-likeness (QED) is 0.363. The Balaban J connectivity index is 1.98. The average molecular weight is 503 g/mol. The van der Waals surface area contributed by atoms with E-state index in [-0.39, 0.29) is 12.8 Å². The van der Waals surface area contributed by atoms with E-state index in [9.17, 15) is 9.59 Å². The summed E-state index contributed by atoms with van der Waals surface area (Å²) >= 11 is 1.31. The summed E-state index contributed by atoms with van der Waals surface area (Å²) < 4.78 is 26.2. The van der Waals surface area contributed by atoms with E-state index < -0.39 is 17.9 Å². The van der Waals surface area contributed by atoms with Crippen LogP contribution in [0.1, 0.15) is 12.8 Å². The molecule has 5 N–H and O–H groups in total. The Morgan fingerprint density at radius 1 is 1.00 bits per heavy atom. The molecular formula is C24H28N3O7S+. The van der Waals surface area contributed by atoms with Crippen LogP contribution in [0.4, 0.5) is 5.69 Å². The van der Waals surface area contributed by atoms with Gasteiger partial charge in [0.25, 0.3) is 5.91 Å². The predicted molar refractivity (Wildman–Crippen MR) is 131 cm³/mol. The van der Waals surface area contributed by atoms with Gasteiger partial charge in [-0.2, -0.15) is 4.37 Å². The van der Waals surface area contributed by atoms with E-state index in [0.717, 1.165) is 21.6 Å². The summed E-state index contributed by atoms with van der Waals surface area (Å²) in [5, 5.41) is 11.7. The van der Waals surface area contributed by atoms with E-state index in [2.05, 4.69) is 15.4 Å². The lowest BCUT2D eigenvalue weighted by Gasteiger charge is -2.15. The predicted octanol–water partition coefficient (Wildman–Crippen LogP) is 2.93. The number of anilines is 1. The molecular weight excluding hydrogens is 474 g/mol. The van der Waals surface area contributed by atoms with Crippen molar-refractivity contribution in [2.45, 2.75) is 18.9 Å². The number of aromatic nitrogens is 1. The van der Waals surface area contributed by atoms with Crippen LogP contribution in [0.15, 0.2) is 36.5 Å². The number of quaternary nitrogens is 1. The van der Waals surface area contributed by atoms with Gasteiger partial charge >= 0.3 is 5.97 Å². The lowest BCUT2D eigenvalue weighted by atomic mass is 10.0. The Kier molecular flexibility index (Phi) is 8.50. The monoisotopic (exact) mass is 502 g/mol. The Bertz CT molecular complexity index is 1190. The van der Waals surface area contributed by atoms with Crippen molar-refractivity contribution in [2.75, 3.05) is 33.8 Å². The van der Waals surface area contributed by atoms with Crippen molar-refractivity contribution in [2.24, 2.45) is 0 Å². The lowest BCUT2D eigenvalue weighted by Crippen LogP contribution is -2.66. The normalized spacial score (nSPS) is 11.5. The van der Waals surface area contributed by atoms with Crippen LogP contribution in [0, 0.1) is 0 Å². The van der Waals surface area contributed by atoms with Crippen LogP contribution < -0.4 is 30.0 Å². The topological polar surface area (TPSA) is 144 Å². The number of aliphatic carboxylic acids is 1. The van der Waals surface area contributed by atoms with Crippen LogP contribution in [0.2, 0.25) is 0 Å². The van der Waals surface area contributed by atoms with Gasteiger partial charge in [-0.15, -0.1) is 0 Å². The molecule has 0 radical (unpaired) electrons. The third-order valence-electron chi connectivity index (χ3n) is 5.34. The Morgan fingerprint density at radius 2 is 1.66 bits per heavy atom. The van der Waals surface area contributed by atoms with Crippen LogP contribution in [0.3, 0.4) is 0 Å². The van der Waals surface area contributed by atoms with Gasteiger partial charge in [0, 0.05) is 23.7 Å². The molecule has 0 aliphatic rings. The molecule has 0 unspecified atom stereocenters. The van der Waals surface area contributed by atoms with Gasteiger partial charge in [-0.3, -0.25) is 9.59 Å². The van der Waals surface area contributed by atoms with E-state index >= 15 is 0 Å². The number of carboxylic acids is 1. The molecule has 0 saturated heterocycles. The molecule has 1 aromatic heterocycles. The summed E-state index contributed by atoms with van der Waals surface area (Å²) in [4.78, 5) is 24.3. The van der Waals surface area contributed by atoms with E-state index in [1.807, 2.05) is 18.2 Å². The van der Waals surface area contributed by atoms with Crippen molar-refractivity contribution in [1.29, 1.82) is 0 Å². The first-order valence-electron chi connectivity index (χ1n) is 10.6. The minimum absolute atomic E-state index is 0.128. The van der Waals surface area contributed by atoms with E-state index in [4.69, 9.17) is 24.1 Å². The molecule has 1 amide bonds. The molecule has 0 saturated carbocycles. The molecule has 2 aromatic carbocycles. The highest BCUT2D eigenvalue weighted by Gasteiger charge is 2.22. The number of hydrogen-bond acceptors (Lipinski definition) is 8. The lowest BCUT2D eigenvalue weighted by molar-refractivity contribution is -0.403. The standard InChI is InChI=1S/C24H27N3O7S/c1-31-18-7-5-13(9-17(18)27-24(30)16(25)6-8-21(28)29)15-12-26-35-23(15)14-10-19(32-2)22(34-4)20(11-14)33-3/h5,7,9-12,16H,6,8,25H2,1-4H3,(H,27,30)(H,28,29)/p+1/t16-/m0/s1. The summed E-state index contributed by atoms with van der Waals surface area (Å²) in [6.45, 7) is 0. The number of benzene rings is 2. The first-order valence-corrected chi connectivity index (χ1v) is 11.4. The highest BCUT2D eigenvalue weighted by atomic mass is 32.1. The summed E-state index contributed by atoms with van der Waals surface area (Å²) in [6.07, 6.45) is 1.73. The third kappa shape index (κ3) is 5.81. The molecule has 186 valence electrons. The van der Waals surface area contributed by atoms with Crippen molar-refractivity contribution in [3.63, 3.8) is 0 Å². The Labute approximate surface area is 206 Å². The van der Waals surface area contributed by atoms with Crippen molar-refractivity contribution in [3.8, 4) is 44.6 Å². The molecule has 10 nitrogen and oxygen atoms in total. The largest absolute Gasteiger partial charge is 0.495 e. The van der Waals surface area contributed by atoms with Gasteiger partial charge in [0.05, 0.1) is 45.4 Å². The smallest absolute Gasteiger partial charge is 0.303 e. The molecule has 35 heavy (non-hydrogen) atoms. The number of ether oxygens (including phenoxy) is 4. The van der Waals surface area contributed by atoms with Crippen LogP contribution in [-0.4, -0.2) is 55.8 Å². The number of rotatable bonds is 11. The van der Waals surface area contributed by atoms with Crippen molar-refractivity contribution >= 4 is 29.1 Å². The maximum atomic E-state index is 12.6. The Hall–Kier alpha value is -3.83. The highest BCUT2D eigenvalue weighted by Crippen LogP contribution is 2.45. The SMILES string of the molecule is COc1ccc(-c2cnsc2-c2cc(OC)c(OC)c(OC)c2)cc1NC(=O)[C@@H]([NH3+])CCC(=O)O. The van der Waals surface area contributed by atoms with Crippen LogP contribution >= 0.6 is 11.5 Å². The molecule has 11 heteroatoms. The second kappa shape index (κ2) is 11.5. The first-order chi connectivity index (χ1) is 16.8. The van der Waals surface area contributed by atoms with E-state index in [1.54, 1.807) is 39.7 Å². The molecule has 3 aromatic rings. The molecule has 3 rings (SSSR count). The summed E-state index contributed by atoms with van der Waals surface area (Å²) in [7, 11) is 6.16. The fraction of sp³-hybridized carbons (Fsp3) is 0.292. The number of carbonyl (C=O) groups excluding carboxylic acids is 1. The summed E-state index contributed by atoms with van der Waals surface area (Å²) in [5.74, 6) is 0.624. The summed E-state index contributed by atoms with van der Waals surface area (Å²) in [6, 6.07) is 8.37. The molecule has 0 aliphatic heterocycles. The molecule has 1 atom stereocenters. The van der Waals surface area contributed by atoms with Gasteiger partial charge in [0.15, 0.2) is 17.5 Å². The highest BCUT2D eigenvalue weighted by molar-refractivity contribution is 7.10. The fourth-order valence-corrected chi connectivity index (χ4v) is 4.26. The molecule has 0 bridgehead atoms. The van der Waals surface area contributed by atoms with Gasteiger partial charge in [-0.05, 0) is 41.4 Å². The van der Waals surface area contributed by atoms with Crippen LogP contribution in [0.25, 0.3) is 21.6 Å². The minimum Gasteiger partial charge on any atom is -0.495 e. The van der Waals surface area contributed by atoms with E-state index in [1.165, 1.54) is 18.6 Å². The number of carboxylic acid groups (broad SMARTS) is 1. The van der Waals surface area contributed by atoms with Gasteiger partial charge in [0.1, 0.15) is 5.75 Å². The van der Waals surface area contributed by atoms with Crippen LogP contribution in [-0.2, 0) is 9.59 Å². The third-order valence-corrected chi connectivity index (χ3v) is 6.19. The maximum Gasteiger partial charge on any atom is 0.303 e. The van der Waals surface area contributed by atoms with E-state index in [0.29, 0.717) is 28.7 Å². The number of amides is 1. The minimum atomic E-state index is -0.977. The maximum absolute atomic E-state index is 12.6. The fourth-order valence-electron chi connectivity index (χ4n) is 3.50. The summed E-state index contributed by atoms with van der Waals surface area (Å²) in [5.41, 5.74) is 6.67. The molecule has 1 heterocycles. The number of methoxy groups -OCH3 is 4. The van der Waals surface area contributed by atoms with Crippen molar-refractivity contribution in [1.82, 2.24) is 4.37 Å². The molecule has 0 fully saturated rings. The van der Waals surface area contributed by atoms with Gasteiger partial charge in [-0.1, -0.05) is 6.07 Å². The van der Waals surface area contributed by atoms with Crippen molar-refractivity contribution in [3.05, 3.63) is 36.5 Å². The van der Waals surface area contributed by atoms with Gasteiger partial charge in [-0.25, -0.2) is 0 Å².